The van der Waals surface area contributed by atoms with Crippen LogP contribution in [0.1, 0.15) is 0 Å². The zero-order valence-electron chi connectivity index (χ0n) is 7.25. The zero-order valence-corrected chi connectivity index (χ0v) is 8.06. The highest BCUT2D eigenvalue weighted by molar-refractivity contribution is 7.93. The molecule has 0 saturated heterocycles. The van der Waals surface area contributed by atoms with E-state index in [-0.39, 0.29) is 5.69 Å². The number of anilines is 2. The molecule has 0 unspecified atom stereocenters. The number of hydrogen-bond donors (Lipinski definition) is 2. The molecule has 0 saturated carbocycles. The Morgan fingerprint density at radius 1 is 1.33 bits per heavy atom. The Morgan fingerprint density at radius 2 is 1.93 bits per heavy atom. The van der Waals surface area contributed by atoms with Gasteiger partial charge in [0.05, 0.1) is 5.69 Å². The van der Waals surface area contributed by atoms with Crippen molar-refractivity contribution in [3.63, 3.8) is 0 Å². The van der Waals surface area contributed by atoms with Crippen LogP contribution in [-0.4, -0.2) is 14.2 Å². The second-order valence-electron chi connectivity index (χ2n) is 2.61. The number of alkyl halides is 2. The second-order valence-corrected chi connectivity index (χ2v) is 4.26. The minimum Gasteiger partial charge on any atom is -0.397 e. The summed E-state index contributed by atoms with van der Waals surface area (Å²) < 4.78 is 59.7. The van der Waals surface area contributed by atoms with Gasteiger partial charge in [0, 0.05) is 0 Å². The smallest absolute Gasteiger partial charge is 0.355 e. The molecular weight excluding hydrogens is 233 g/mol. The van der Waals surface area contributed by atoms with Crippen molar-refractivity contribution >= 4 is 21.4 Å². The summed E-state index contributed by atoms with van der Waals surface area (Å²) in [4.78, 5) is 0. The first kappa shape index (κ1) is 11.6. The van der Waals surface area contributed by atoms with E-state index in [0.717, 1.165) is 6.07 Å². The van der Waals surface area contributed by atoms with Gasteiger partial charge in [0.2, 0.25) is 0 Å². The predicted molar refractivity (Wildman–Crippen MR) is 49.4 cm³/mol. The Kier molecular flexibility index (Phi) is 3.08. The van der Waals surface area contributed by atoms with Gasteiger partial charge < -0.3 is 5.73 Å². The lowest BCUT2D eigenvalue weighted by Crippen LogP contribution is -2.21. The van der Waals surface area contributed by atoms with Crippen LogP contribution in [0.4, 0.5) is 24.5 Å². The molecule has 0 aliphatic rings. The molecular formula is C7H7F3N2O2S. The van der Waals surface area contributed by atoms with Gasteiger partial charge in [-0.1, -0.05) is 6.07 Å². The van der Waals surface area contributed by atoms with Crippen molar-refractivity contribution in [1.82, 2.24) is 0 Å². The molecule has 0 heterocycles. The maximum Gasteiger partial charge on any atom is 0.355 e. The lowest BCUT2D eigenvalue weighted by atomic mass is 10.3. The van der Waals surface area contributed by atoms with E-state index in [1.165, 1.54) is 16.9 Å². The Balaban J connectivity index is 3.11. The van der Waals surface area contributed by atoms with Crippen LogP contribution in [0.25, 0.3) is 0 Å². The molecule has 0 atom stereocenters. The van der Waals surface area contributed by atoms with Crippen molar-refractivity contribution in [1.29, 1.82) is 0 Å². The van der Waals surface area contributed by atoms with E-state index in [0.29, 0.717) is 0 Å². The van der Waals surface area contributed by atoms with Crippen LogP contribution in [0.5, 0.6) is 0 Å². The standard InChI is InChI=1S/C7H7F3N2O2S/c8-4-2-1-3-5(11)6(4)12-15(13,14)7(9)10/h1-3,7,12H,11H2. The van der Waals surface area contributed by atoms with Crippen LogP contribution < -0.4 is 10.5 Å². The van der Waals surface area contributed by atoms with E-state index < -0.39 is 27.3 Å². The van der Waals surface area contributed by atoms with Gasteiger partial charge in [-0.2, -0.15) is 8.78 Å². The molecule has 1 aromatic carbocycles. The Hall–Kier alpha value is -1.44. The summed E-state index contributed by atoms with van der Waals surface area (Å²) in [5.41, 5.74) is 4.28. The fourth-order valence-electron chi connectivity index (χ4n) is 0.835. The monoisotopic (exact) mass is 240 g/mol. The van der Waals surface area contributed by atoms with E-state index in [1.807, 2.05) is 0 Å². The first-order chi connectivity index (χ1) is 6.84. The number of nitrogens with one attached hydrogen (secondary N) is 1. The number of hydrogen-bond acceptors (Lipinski definition) is 3. The fourth-order valence-corrected chi connectivity index (χ4v) is 1.42. The van der Waals surface area contributed by atoms with E-state index in [1.54, 1.807) is 0 Å². The maximum atomic E-state index is 13.0. The van der Waals surface area contributed by atoms with Crippen LogP contribution >= 0.6 is 0 Å². The molecule has 3 N–H and O–H groups in total. The number of para-hydroxylation sites is 1. The number of benzene rings is 1. The molecule has 4 nitrogen and oxygen atoms in total. The van der Waals surface area contributed by atoms with Crippen molar-refractivity contribution in [2.75, 3.05) is 10.5 Å². The van der Waals surface area contributed by atoms with Gasteiger partial charge in [-0.3, -0.25) is 4.72 Å². The highest BCUT2D eigenvalue weighted by atomic mass is 32.2. The third kappa shape index (κ3) is 2.52. The summed E-state index contributed by atoms with van der Waals surface area (Å²) in [6, 6.07) is 3.32. The summed E-state index contributed by atoms with van der Waals surface area (Å²) in [5.74, 6) is -4.66. The molecule has 15 heavy (non-hydrogen) atoms. The molecule has 0 aliphatic heterocycles. The molecule has 0 spiro atoms. The second kappa shape index (κ2) is 3.97. The van der Waals surface area contributed by atoms with Gasteiger partial charge in [-0.05, 0) is 12.1 Å². The molecule has 1 rings (SSSR count). The third-order valence-electron chi connectivity index (χ3n) is 1.52. The first-order valence-electron chi connectivity index (χ1n) is 3.68. The number of sulfonamides is 1. The van der Waals surface area contributed by atoms with Crippen molar-refractivity contribution in [2.24, 2.45) is 0 Å². The molecule has 84 valence electrons. The maximum absolute atomic E-state index is 13.0. The van der Waals surface area contributed by atoms with Crippen LogP contribution in [0.15, 0.2) is 18.2 Å². The molecule has 0 fully saturated rings. The van der Waals surface area contributed by atoms with Crippen LogP contribution in [-0.2, 0) is 10.0 Å². The van der Waals surface area contributed by atoms with Crippen LogP contribution in [0, 0.1) is 5.82 Å². The largest absolute Gasteiger partial charge is 0.397 e. The van der Waals surface area contributed by atoms with Gasteiger partial charge in [0.1, 0.15) is 11.5 Å². The molecule has 0 amide bonds. The highest BCUT2D eigenvalue weighted by Gasteiger charge is 2.25. The van der Waals surface area contributed by atoms with Crippen LogP contribution in [0.3, 0.4) is 0 Å². The molecule has 0 radical (unpaired) electrons. The lowest BCUT2D eigenvalue weighted by Gasteiger charge is -2.09. The quantitative estimate of drug-likeness (QED) is 0.784. The van der Waals surface area contributed by atoms with E-state index in [9.17, 15) is 21.6 Å². The average molecular weight is 240 g/mol. The van der Waals surface area contributed by atoms with E-state index in [4.69, 9.17) is 5.73 Å². The number of nitrogens with two attached hydrogens (primary N) is 1. The lowest BCUT2D eigenvalue weighted by molar-refractivity contribution is 0.236. The van der Waals surface area contributed by atoms with E-state index >= 15 is 0 Å². The summed E-state index contributed by atoms with van der Waals surface area (Å²) in [7, 11) is -4.90. The van der Waals surface area contributed by atoms with Gasteiger partial charge in [0.15, 0.2) is 0 Å². The number of halogens is 3. The Morgan fingerprint density at radius 3 is 2.40 bits per heavy atom. The van der Waals surface area contributed by atoms with Crippen molar-refractivity contribution < 1.29 is 21.6 Å². The normalized spacial score (nSPS) is 11.7. The highest BCUT2D eigenvalue weighted by Crippen LogP contribution is 2.24. The number of rotatable bonds is 3. The SMILES string of the molecule is Nc1cccc(F)c1NS(=O)(=O)C(F)F. The van der Waals surface area contributed by atoms with Crippen molar-refractivity contribution in [3.05, 3.63) is 24.0 Å². The summed E-state index contributed by atoms with van der Waals surface area (Å²) in [6.45, 7) is 0. The molecule has 0 aromatic heterocycles. The van der Waals surface area contributed by atoms with Gasteiger partial charge >= 0.3 is 5.76 Å². The molecule has 0 bridgehead atoms. The predicted octanol–water partition coefficient (Wildman–Crippen LogP) is 1.37. The first-order valence-corrected chi connectivity index (χ1v) is 5.23. The minimum absolute atomic E-state index is 0.265. The van der Waals surface area contributed by atoms with Gasteiger partial charge in [-0.25, -0.2) is 12.8 Å². The zero-order chi connectivity index (χ0) is 11.6. The number of nitrogen functional groups attached to an aromatic ring is 1. The van der Waals surface area contributed by atoms with E-state index in [2.05, 4.69) is 0 Å². The van der Waals surface area contributed by atoms with Gasteiger partial charge in [0.25, 0.3) is 10.0 Å². The Bertz CT molecular complexity index is 441. The third-order valence-corrected chi connectivity index (χ3v) is 2.48. The van der Waals surface area contributed by atoms with Crippen LogP contribution in [0.2, 0.25) is 0 Å². The molecule has 1 aromatic rings. The average Bonchev–Trinajstić information content (AvgIpc) is 2.11. The fraction of sp³-hybridized carbons (Fsp3) is 0.143. The molecule has 8 heteroatoms. The summed E-state index contributed by atoms with van der Waals surface area (Å²) in [6.07, 6.45) is 0. The van der Waals surface area contributed by atoms with Crippen molar-refractivity contribution in [2.45, 2.75) is 5.76 Å². The minimum atomic E-state index is -4.90. The Labute approximate surface area is 83.9 Å². The summed E-state index contributed by atoms with van der Waals surface area (Å²) >= 11 is 0. The summed E-state index contributed by atoms with van der Waals surface area (Å²) in [5, 5.41) is 0. The van der Waals surface area contributed by atoms with Crippen molar-refractivity contribution in [3.8, 4) is 0 Å². The van der Waals surface area contributed by atoms with Gasteiger partial charge in [-0.15, -0.1) is 0 Å². The molecule has 0 aliphatic carbocycles. The topological polar surface area (TPSA) is 72.2 Å².